The highest BCUT2D eigenvalue weighted by Crippen LogP contribution is 2.09. The molecule has 8 heteroatoms. The molecule has 0 spiro atoms. The van der Waals surface area contributed by atoms with Gasteiger partial charge in [-0.15, -0.1) is 0 Å². The Labute approximate surface area is 171 Å². The van der Waals surface area contributed by atoms with Gasteiger partial charge < -0.3 is 15.2 Å². The fourth-order valence-corrected chi connectivity index (χ4v) is 2.90. The van der Waals surface area contributed by atoms with E-state index in [2.05, 4.69) is 29.6 Å². The molecule has 0 bridgehead atoms. The summed E-state index contributed by atoms with van der Waals surface area (Å²) in [6.45, 7) is 0.239. The molecule has 0 saturated heterocycles. The van der Waals surface area contributed by atoms with Gasteiger partial charge in [-0.2, -0.15) is 0 Å². The van der Waals surface area contributed by atoms with Crippen LogP contribution in [0.4, 0.5) is 0 Å². The molecule has 0 heterocycles. The smallest absolute Gasteiger partial charge is 0.303 e. The van der Waals surface area contributed by atoms with Crippen molar-refractivity contribution in [2.24, 2.45) is 0 Å². The van der Waals surface area contributed by atoms with Gasteiger partial charge in [0.2, 0.25) is 5.91 Å². The fraction of sp³-hybridized carbons (Fsp3) is 0.571. The molecular weight excluding hydrogens is 376 g/mol. The number of aryl methyl sites for hydroxylation is 1. The van der Waals surface area contributed by atoms with E-state index in [0.717, 1.165) is 25.7 Å². The van der Waals surface area contributed by atoms with Crippen molar-refractivity contribution in [3.05, 3.63) is 35.9 Å². The van der Waals surface area contributed by atoms with Crippen LogP contribution in [0.15, 0.2) is 30.3 Å². The number of ether oxygens (including phenoxy) is 1. The van der Waals surface area contributed by atoms with Gasteiger partial charge >= 0.3 is 5.97 Å². The first-order valence-electron chi connectivity index (χ1n) is 10.1. The standard InChI is InChI=1S/C21H32N2O6/c24-19(22-18(21(27)23-28)13-14-20(25)26)16-29-15-9-4-2-1-3-6-10-17-11-7-5-8-12-17/h5,7-8,11-12,18,28H,1-4,6,9-10,13-16H2,(H,22,24)(H,23,27)(H,25,26)/t18-/m1/s1. The summed E-state index contributed by atoms with van der Waals surface area (Å²) in [6, 6.07) is 9.35. The molecule has 1 atom stereocenters. The quantitative estimate of drug-likeness (QED) is 0.189. The lowest BCUT2D eigenvalue weighted by atomic mass is 10.1. The molecule has 1 rings (SSSR count). The van der Waals surface area contributed by atoms with Crippen LogP contribution >= 0.6 is 0 Å². The van der Waals surface area contributed by atoms with Crippen LogP contribution in [0.2, 0.25) is 0 Å². The molecule has 0 aliphatic carbocycles. The van der Waals surface area contributed by atoms with Crippen LogP contribution in [0.3, 0.4) is 0 Å². The topological polar surface area (TPSA) is 125 Å². The minimum absolute atomic E-state index is 0.113. The molecule has 1 aromatic rings. The van der Waals surface area contributed by atoms with E-state index >= 15 is 0 Å². The molecule has 0 aliphatic heterocycles. The normalized spacial score (nSPS) is 11.6. The minimum Gasteiger partial charge on any atom is -0.481 e. The number of carboxylic acid groups (broad SMARTS) is 1. The van der Waals surface area contributed by atoms with Crippen molar-refractivity contribution in [2.75, 3.05) is 13.2 Å². The molecule has 162 valence electrons. The van der Waals surface area contributed by atoms with Gasteiger partial charge in [0.05, 0.1) is 0 Å². The summed E-state index contributed by atoms with van der Waals surface area (Å²) in [5.74, 6) is -2.47. The van der Waals surface area contributed by atoms with E-state index in [1.54, 1.807) is 0 Å². The van der Waals surface area contributed by atoms with E-state index in [0.29, 0.717) is 6.61 Å². The Morgan fingerprint density at radius 1 is 0.966 bits per heavy atom. The molecule has 0 saturated carbocycles. The van der Waals surface area contributed by atoms with Gasteiger partial charge in [0, 0.05) is 13.0 Å². The van der Waals surface area contributed by atoms with E-state index < -0.39 is 23.8 Å². The number of carbonyl (C=O) groups excluding carboxylic acids is 2. The molecule has 2 amide bonds. The SMILES string of the molecule is O=C(O)CC[C@@H](NC(=O)COCCCCCCCCc1ccccc1)C(=O)NO. The Balaban J connectivity index is 2.01. The van der Waals surface area contributed by atoms with Crippen molar-refractivity contribution in [2.45, 2.75) is 63.8 Å². The van der Waals surface area contributed by atoms with Crippen LogP contribution in [0.25, 0.3) is 0 Å². The van der Waals surface area contributed by atoms with E-state index in [-0.39, 0.29) is 19.4 Å². The molecule has 0 fully saturated rings. The number of carbonyl (C=O) groups is 3. The predicted octanol–water partition coefficient (Wildman–Crippen LogP) is 2.44. The highest BCUT2D eigenvalue weighted by Gasteiger charge is 2.21. The van der Waals surface area contributed by atoms with Crippen LogP contribution in [0.5, 0.6) is 0 Å². The average Bonchev–Trinajstić information content (AvgIpc) is 2.72. The number of amides is 2. The van der Waals surface area contributed by atoms with Gasteiger partial charge in [0.25, 0.3) is 5.91 Å². The number of hydrogen-bond acceptors (Lipinski definition) is 5. The van der Waals surface area contributed by atoms with Crippen molar-refractivity contribution < 1.29 is 29.4 Å². The number of hydrogen-bond donors (Lipinski definition) is 4. The van der Waals surface area contributed by atoms with Gasteiger partial charge in [0.1, 0.15) is 12.6 Å². The van der Waals surface area contributed by atoms with E-state index in [1.807, 2.05) is 6.07 Å². The second-order valence-electron chi connectivity index (χ2n) is 6.94. The Bertz CT molecular complexity index is 608. The summed E-state index contributed by atoms with van der Waals surface area (Å²) in [4.78, 5) is 33.8. The maximum atomic E-state index is 11.8. The summed E-state index contributed by atoms with van der Waals surface area (Å²) >= 11 is 0. The highest BCUT2D eigenvalue weighted by atomic mass is 16.5. The fourth-order valence-electron chi connectivity index (χ4n) is 2.90. The second-order valence-corrected chi connectivity index (χ2v) is 6.94. The molecule has 0 unspecified atom stereocenters. The lowest BCUT2D eigenvalue weighted by molar-refractivity contribution is -0.139. The molecule has 8 nitrogen and oxygen atoms in total. The lowest BCUT2D eigenvalue weighted by Crippen LogP contribution is -2.47. The molecule has 4 N–H and O–H groups in total. The number of rotatable bonds is 16. The first-order valence-corrected chi connectivity index (χ1v) is 10.1. The maximum absolute atomic E-state index is 11.8. The van der Waals surface area contributed by atoms with Gasteiger partial charge in [0.15, 0.2) is 0 Å². The van der Waals surface area contributed by atoms with Crippen molar-refractivity contribution in [3.8, 4) is 0 Å². The van der Waals surface area contributed by atoms with Gasteiger partial charge in [-0.05, 0) is 31.2 Å². The molecule has 0 aliphatic rings. The average molecular weight is 408 g/mol. The van der Waals surface area contributed by atoms with Crippen molar-refractivity contribution in [1.29, 1.82) is 0 Å². The first kappa shape index (κ1) is 24.6. The van der Waals surface area contributed by atoms with Gasteiger partial charge in [-0.25, -0.2) is 5.48 Å². The molecular formula is C21H32N2O6. The summed E-state index contributed by atoms with van der Waals surface area (Å²) in [6.07, 6.45) is 7.26. The summed E-state index contributed by atoms with van der Waals surface area (Å²) in [7, 11) is 0. The van der Waals surface area contributed by atoms with E-state index in [1.165, 1.54) is 30.3 Å². The zero-order chi connectivity index (χ0) is 21.3. The van der Waals surface area contributed by atoms with E-state index in [4.69, 9.17) is 15.1 Å². The van der Waals surface area contributed by atoms with Crippen LogP contribution in [0.1, 0.15) is 56.9 Å². The number of benzene rings is 1. The number of hydroxylamine groups is 1. The van der Waals surface area contributed by atoms with Crippen LogP contribution < -0.4 is 10.8 Å². The number of nitrogens with one attached hydrogen (secondary N) is 2. The minimum atomic E-state index is -1.11. The van der Waals surface area contributed by atoms with E-state index in [9.17, 15) is 14.4 Å². The number of aliphatic carboxylic acids is 1. The third-order valence-corrected chi connectivity index (χ3v) is 4.49. The first-order chi connectivity index (χ1) is 14.0. The van der Waals surface area contributed by atoms with Crippen molar-refractivity contribution in [1.82, 2.24) is 10.8 Å². The number of carboxylic acids is 1. The molecule has 1 aromatic carbocycles. The third-order valence-electron chi connectivity index (χ3n) is 4.49. The Morgan fingerprint density at radius 3 is 2.28 bits per heavy atom. The monoisotopic (exact) mass is 408 g/mol. The molecule has 0 aromatic heterocycles. The zero-order valence-electron chi connectivity index (χ0n) is 16.8. The summed E-state index contributed by atoms with van der Waals surface area (Å²) in [5, 5.41) is 19.7. The lowest BCUT2D eigenvalue weighted by Gasteiger charge is -2.15. The van der Waals surface area contributed by atoms with Crippen LogP contribution in [-0.4, -0.2) is 47.4 Å². The predicted molar refractivity (Wildman–Crippen MR) is 107 cm³/mol. The maximum Gasteiger partial charge on any atom is 0.303 e. The largest absolute Gasteiger partial charge is 0.481 e. The molecule has 0 radical (unpaired) electrons. The Kier molecular flexibility index (Phi) is 13.1. The zero-order valence-corrected chi connectivity index (χ0v) is 16.8. The second kappa shape index (κ2) is 15.5. The summed E-state index contributed by atoms with van der Waals surface area (Å²) in [5.41, 5.74) is 2.80. The summed E-state index contributed by atoms with van der Waals surface area (Å²) < 4.78 is 5.30. The molecule has 29 heavy (non-hydrogen) atoms. The van der Waals surface area contributed by atoms with Gasteiger partial charge in [-0.1, -0.05) is 56.0 Å². The van der Waals surface area contributed by atoms with Gasteiger partial charge in [-0.3, -0.25) is 19.6 Å². The highest BCUT2D eigenvalue weighted by molar-refractivity contribution is 5.87. The van der Waals surface area contributed by atoms with Crippen molar-refractivity contribution in [3.63, 3.8) is 0 Å². The number of unbranched alkanes of at least 4 members (excludes halogenated alkanes) is 5. The van der Waals surface area contributed by atoms with Crippen LogP contribution in [0, 0.1) is 0 Å². The van der Waals surface area contributed by atoms with Crippen LogP contribution in [-0.2, 0) is 25.5 Å². The Morgan fingerprint density at radius 2 is 1.62 bits per heavy atom. The third kappa shape index (κ3) is 12.6. The van der Waals surface area contributed by atoms with Crippen molar-refractivity contribution >= 4 is 17.8 Å². The Hall–Kier alpha value is -2.45.